The smallest absolute Gasteiger partial charge is 0.226 e. The van der Waals surface area contributed by atoms with Gasteiger partial charge in [-0.3, -0.25) is 14.5 Å². The maximum absolute atomic E-state index is 12.8. The Morgan fingerprint density at radius 1 is 1.08 bits per heavy atom. The molecule has 0 spiro atoms. The van der Waals surface area contributed by atoms with Crippen molar-refractivity contribution < 1.29 is 9.59 Å². The van der Waals surface area contributed by atoms with E-state index in [1.54, 1.807) is 4.90 Å². The Morgan fingerprint density at radius 3 is 2.62 bits per heavy atom. The van der Waals surface area contributed by atoms with Crippen LogP contribution in [0.15, 0.2) is 30.3 Å². The lowest BCUT2D eigenvalue weighted by molar-refractivity contribution is -0.144. The molecule has 1 aromatic carbocycles. The van der Waals surface area contributed by atoms with Gasteiger partial charge in [0.1, 0.15) is 0 Å². The predicted molar refractivity (Wildman–Crippen MR) is 93.3 cm³/mol. The highest BCUT2D eigenvalue weighted by Crippen LogP contribution is 2.21. The molecule has 0 N–H and O–H groups in total. The molecule has 2 aliphatic rings. The quantitative estimate of drug-likeness (QED) is 0.846. The van der Waals surface area contributed by atoms with Crippen molar-refractivity contribution in [3.8, 4) is 0 Å². The van der Waals surface area contributed by atoms with Gasteiger partial charge < -0.3 is 9.80 Å². The lowest BCUT2D eigenvalue weighted by atomic mass is 9.95. The summed E-state index contributed by atoms with van der Waals surface area (Å²) in [6.07, 6.45) is 2.17. The van der Waals surface area contributed by atoms with E-state index in [2.05, 4.69) is 29.2 Å². The molecule has 130 valence electrons. The Balaban J connectivity index is 1.53. The third-order valence-corrected chi connectivity index (χ3v) is 5.16. The highest BCUT2D eigenvalue weighted by atomic mass is 16.2. The van der Waals surface area contributed by atoms with Crippen molar-refractivity contribution in [2.45, 2.75) is 25.8 Å². The van der Waals surface area contributed by atoms with Crippen LogP contribution in [0.25, 0.3) is 0 Å². The van der Waals surface area contributed by atoms with Crippen LogP contribution in [0.3, 0.4) is 0 Å². The van der Waals surface area contributed by atoms with Gasteiger partial charge in [-0.15, -0.1) is 0 Å². The minimum absolute atomic E-state index is 0.0973. The van der Waals surface area contributed by atoms with Gasteiger partial charge in [0.25, 0.3) is 0 Å². The van der Waals surface area contributed by atoms with Crippen molar-refractivity contribution in [3.05, 3.63) is 35.9 Å². The van der Waals surface area contributed by atoms with Crippen LogP contribution in [-0.4, -0.2) is 66.3 Å². The second kappa shape index (κ2) is 7.79. The zero-order valence-corrected chi connectivity index (χ0v) is 14.5. The molecule has 5 nitrogen and oxygen atoms in total. The van der Waals surface area contributed by atoms with Gasteiger partial charge in [-0.1, -0.05) is 30.3 Å². The molecule has 1 atom stereocenters. The highest BCUT2D eigenvalue weighted by Gasteiger charge is 2.32. The second-order valence-electron chi connectivity index (χ2n) is 6.95. The molecule has 2 aliphatic heterocycles. The average Bonchev–Trinajstić information content (AvgIpc) is 2.83. The van der Waals surface area contributed by atoms with E-state index in [9.17, 15) is 9.59 Å². The standard InChI is InChI=1S/C19H27N3O2/c1-20-11-8-17(14-18(20)23)19(24)22-10-5-9-21(12-13-22)15-16-6-3-2-4-7-16/h2-4,6-7,17H,5,8-15H2,1H3/t17-/m0/s1. The SMILES string of the molecule is CN1CC[C@H](C(=O)N2CCCN(Cc3ccccc3)CC2)CC1=O. The lowest BCUT2D eigenvalue weighted by Gasteiger charge is -2.31. The lowest BCUT2D eigenvalue weighted by Crippen LogP contribution is -2.44. The van der Waals surface area contributed by atoms with Crippen molar-refractivity contribution in [1.29, 1.82) is 0 Å². The van der Waals surface area contributed by atoms with Crippen LogP contribution in [0.2, 0.25) is 0 Å². The first-order valence-corrected chi connectivity index (χ1v) is 8.92. The summed E-state index contributed by atoms with van der Waals surface area (Å²) in [5, 5.41) is 0. The summed E-state index contributed by atoms with van der Waals surface area (Å²) in [6, 6.07) is 10.5. The largest absolute Gasteiger partial charge is 0.346 e. The summed E-state index contributed by atoms with van der Waals surface area (Å²) in [4.78, 5) is 30.8. The minimum Gasteiger partial charge on any atom is -0.346 e. The molecule has 0 radical (unpaired) electrons. The molecule has 2 fully saturated rings. The van der Waals surface area contributed by atoms with Gasteiger partial charge in [-0.05, 0) is 18.4 Å². The third kappa shape index (κ3) is 4.15. The van der Waals surface area contributed by atoms with Gasteiger partial charge in [0.05, 0.1) is 0 Å². The first kappa shape index (κ1) is 17.0. The number of likely N-dealkylation sites (tertiary alicyclic amines) is 1. The van der Waals surface area contributed by atoms with Gasteiger partial charge in [0.2, 0.25) is 11.8 Å². The van der Waals surface area contributed by atoms with Gasteiger partial charge in [0, 0.05) is 58.7 Å². The first-order valence-electron chi connectivity index (χ1n) is 8.92. The van der Waals surface area contributed by atoms with Crippen molar-refractivity contribution in [1.82, 2.24) is 14.7 Å². The molecule has 5 heteroatoms. The fourth-order valence-corrected chi connectivity index (χ4v) is 3.60. The van der Waals surface area contributed by atoms with Crippen LogP contribution in [0, 0.1) is 5.92 Å². The van der Waals surface area contributed by atoms with E-state index in [1.165, 1.54) is 5.56 Å². The molecular formula is C19H27N3O2. The maximum atomic E-state index is 12.8. The van der Waals surface area contributed by atoms with Gasteiger partial charge in [-0.25, -0.2) is 0 Å². The van der Waals surface area contributed by atoms with Crippen LogP contribution in [0.1, 0.15) is 24.8 Å². The third-order valence-electron chi connectivity index (χ3n) is 5.16. The second-order valence-corrected chi connectivity index (χ2v) is 6.95. The summed E-state index contributed by atoms with van der Waals surface area (Å²) >= 11 is 0. The Bertz CT molecular complexity index is 575. The fourth-order valence-electron chi connectivity index (χ4n) is 3.60. The van der Waals surface area contributed by atoms with E-state index in [4.69, 9.17) is 0 Å². The van der Waals surface area contributed by atoms with E-state index in [1.807, 2.05) is 18.0 Å². The molecule has 3 rings (SSSR count). The molecule has 2 heterocycles. The van der Waals surface area contributed by atoms with E-state index < -0.39 is 0 Å². The zero-order valence-electron chi connectivity index (χ0n) is 14.5. The normalized spacial score (nSPS) is 23.2. The summed E-state index contributed by atoms with van der Waals surface area (Å²) < 4.78 is 0. The summed E-state index contributed by atoms with van der Waals surface area (Å²) in [7, 11) is 1.82. The van der Waals surface area contributed by atoms with Gasteiger partial charge in [0.15, 0.2) is 0 Å². The molecule has 2 saturated heterocycles. The summed E-state index contributed by atoms with van der Waals surface area (Å²) in [6.45, 7) is 5.14. The molecule has 0 unspecified atom stereocenters. The minimum atomic E-state index is -0.116. The molecule has 0 saturated carbocycles. The maximum Gasteiger partial charge on any atom is 0.226 e. The van der Waals surface area contributed by atoms with E-state index in [-0.39, 0.29) is 17.7 Å². The predicted octanol–water partition coefficient (Wildman–Crippen LogP) is 1.59. The van der Waals surface area contributed by atoms with Crippen molar-refractivity contribution in [2.75, 3.05) is 39.8 Å². The fraction of sp³-hybridized carbons (Fsp3) is 0.579. The average molecular weight is 329 g/mol. The molecule has 24 heavy (non-hydrogen) atoms. The molecular weight excluding hydrogens is 302 g/mol. The van der Waals surface area contributed by atoms with Crippen LogP contribution < -0.4 is 0 Å². The van der Waals surface area contributed by atoms with Crippen LogP contribution in [-0.2, 0) is 16.1 Å². The zero-order chi connectivity index (χ0) is 16.9. The number of rotatable bonds is 3. The van der Waals surface area contributed by atoms with Gasteiger partial charge >= 0.3 is 0 Å². The Morgan fingerprint density at radius 2 is 1.88 bits per heavy atom. The van der Waals surface area contributed by atoms with Crippen molar-refractivity contribution >= 4 is 11.8 Å². The number of carbonyl (C=O) groups is 2. The monoisotopic (exact) mass is 329 g/mol. The Labute approximate surface area is 144 Å². The van der Waals surface area contributed by atoms with Crippen LogP contribution in [0.5, 0.6) is 0 Å². The number of nitrogens with zero attached hydrogens (tertiary/aromatic N) is 3. The number of carbonyl (C=O) groups excluding carboxylic acids is 2. The molecule has 0 aliphatic carbocycles. The number of hydrogen-bond donors (Lipinski definition) is 0. The topological polar surface area (TPSA) is 43.9 Å². The Kier molecular flexibility index (Phi) is 5.51. The molecule has 0 bridgehead atoms. The van der Waals surface area contributed by atoms with Gasteiger partial charge in [-0.2, -0.15) is 0 Å². The van der Waals surface area contributed by atoms with E-state index in [0.29, 0.717) is 13.0 Å². The Hall–Kier alpha value is -1.88. The number of benzene rings is 1. The number of piperidine rings is 1. The number of hydrogen-bond acceptors (Lipinski definition) is 3. The van der Waals surface area contributed by atoms with Crippen molar-refractivity contribution in [2.24, 2.45) is 5.92 Å². The van der Waals surface area contributed by atoms with Crippen molar-refractivity contribution in [3.63, 3.8) is 0 Å². The summed E-state index contributed by atoms with van der Waals surface area (Å²) in [5.74, 6) is 0.160. The van der Waals surface area contributed by atoms with E-state index in [0.717, 1.165) is 45.6 Å². The highest BCUT2D eigenvalue weighted by molar-refractivity contribution is 5.86. The first-order chi connectivity index (χ1) is 11.6. The molecule has 2 amide bonds. The van der Waals surface area contributed by atoms with E-state index >= 15 is 0 Å². The summed E-state index contributed by atoms with van der Waals surface area (Å²) in [5.41, 5.74) is 1.32. The van der Waals surface area contributed by atoms with Crippen LogP contribution in [0.4, 0.5) is 0 Å². The molecule has 0 aromatic heterocycles. The number of amides is 2. The van der Waals surface area contributed by atoms with Crippen LogP contribution >= 0.6 is 0 Å². The molecule has 1 aromatic rings.